The Bertz CT molecular complexity index is 1070. The number of benzene rings is 2. The molecule has 0 aromatic heterocycles. The first-order chi connectivity index (χ1) is 17.5. The molecular formula is C29H40FN3O4. The van der Waals surface area contributed by atoms with Gasteiger partial charge in [0.1, 0.15) is 17.2 Å². The van der Waals surface area contributed by atoms with E-state index in [4.69, 9.17) is 9.47 Å². The molecule has 0 radical (unpaired) electrons. The van der Waals surface area contributed by atoms with Crippen molar-refractivity contribution >= 4 is 23.4 Å². The average Bonchev–Trinajstić information content (AvgIpc) is 3.33. The number of ether oxygens (including phenoxy) is 2. The summed E-state index contributed by atoms with van der Waals surface area (Å²) in [6.07, 6.45) is 2.37. The van der Waals surface area contributed by atoms with E-state index in [0.29, 0.717) is 49.6 Å². The van der Waals surface area contributed by atoms with E-state index in [2.05, 4.69) is 6.92 Å². The third-order valence-corrected chi connectivity index (χ3v) is 6.41. The Morgan fingerprint density at radius 2 is 1.81 bits per heavy atom. The summed E-state index contributed by atoms with van der Waals surface area (Å²) in [7, 11) is 1.72. The van der Waals surface area contributed by atoms with Crippen LogP contribution in [0.25, 0.3) is 0 Å². The molecule has 2 amide bonds. The first-order valence-electron chi connectivity index (χ1n) is 13.1. The fourth-order valence-electron chi connectivity index (χ4n) is 4.31. The van der Waals surface area contributed by atoms with Crippen LogP contribution in [0.4, 0.5) is 20.6 Å². The Kier molecular flexibility index (Phi) is 9.40. The van der Waals surface area contributed by atoms with Gasteiger partial charge in [-0.05, 0) is 83.0 Å². The van der Waals surface area contributed by atoms with Crippen LogP contribution in [0.5, 0.6) is 5.75 Å². The molecular weight excluding hydrogens is 473 g/mol. The van der Waals surface area contributed by atoms with Gasteiger partial charge in [0.05, 0.1) is 18.3 Å². The minimum atomic E-state index is -0.571. The van der Waals surface area contributed by atoms with Gasteiger partial charge in [-0.2, -0.15) is 0 Å². The molecule has 0 bridgehead atoms. The molecule has 1 aliphatic heterocycles. The maximum atomic E-state index is 15.3. The van der Waals surface area contributed by atoms with E-state index >= 15 is 4.39 Å². The molecule has 37 heavy (non-hydrogen) atoms. The number of nitrogens with zero attached hydrogens (tertiary/aromatic N) is 3. The molecule has 0 spiro atoms. The second kappa shape index (κ2) is 12.3. The summed E-state index contributed by atoms with van der Waals surface area (Å²) in [5, 5.41) is 0. The molecule has 1 unspecified atom stereocenters. The van der Waals surface area contributed by atoms with Gasteiger partial charge in [0.15, 0.2) is 0 Å². The van der Waals surface area contributed by atoms with Crippen molar-refractivity contribution < 1.29 is 23.5 Å². The zero-order valence-corrected chi connectivity index (χ0v) is 22.9. The summed E-state index contributed by atoms with van der Waals surface area (Å²) in [4.78, 5) is 30.7. The third-order valence-electron chi connectivity index (χ3n) is 6.41. The minimum Gasteiger partial charge on any atom is -0.494 e. The molecule has 2 aromatic carbocycles. The van der Waals surface area contributed by atoms with E-state index in [-0.39, 0.29) is 18.0 Å². The molecule has 0 N–H and O–H groups in total. The summed E-state index contributed by atoms with van der Waals surface area (Å²) in [6.45, 7) is 11.6. The topological polar surface area (TPSA) is 62.3 Å². The van der Waals surface area contributed by atoms with Gasteiger partial charge in [-0.15, -0.1) is 0 Å². The van der Waals surface area contributed by atoms with Crippen molar-refractivity contribution in [3.8, 4) is 5.75 Å². The molecule has 3 rings (SSSR count). The highest BCUT2D eigenvalue weighted by molar-refractivity contribution is 6.06. The van der Waals surface area contributed by atoms with Crippen LogP contribution < -0.4 is 14.5 Å². The van der Waals surface area contributed by atoms with Gasteiger partial charge in [-0.3, -0.25) is 4.79 Å². The van der Waals surface area contributed by atoms with Crippen LogP contribution in [-0.2, 0) is 4.74 Å². The predicted molar refractivity (Wildman–Crippen MR) is 145 cm³/mol. The lowest BCUT2D eigenvalue weighted by molar-refractivity contribution is 0.0237. The molecule has 1 aliphatic rings. The van der Waals surface area contributed by atoms with Gasteiger partial charge in [0.2, 0.25) is 0 Å². The van der Waals surface area contributed by atoms with E-state index in [1.165, 1.54) is 6.07 Å². The Hall–Kier alpha value is -3.29. The predicted octanol–water partition coefficient (Wildman–Crippen LogP) is 6.12. The van der Waals surface area contributed by atoms with Gasteiger partial charge >= 0.3 is 6.09 Å². The lowest BCUT2D eigenvalue weighted by Gasteiger charge is -2.29. The van der Waals surface area contributed by atoms with Crippen molar-refractivity contribution in [2.45, 2.75) is 65.5 Å². The van der Waals surface area contributed by atoms with Crippen LogP contribution >= 0.6 is 0 Å². The van der Waals surface area contributed by atoms with Gasteiger partial charge in [-0.1, -0.05) is 13.3 Å². The van der Waals surface area contributed by atoms with Gasteiger partial charge in [0.25, 0.3) is 5.91 Å². The van der Waals surface area contributed by atoms with Crippen molar-refractivity contribution in [1.29, 1.82) is 0 Å². The first-order valence-corrected chi connectivity index (χ1v) is 13.1. The van der Waals surface area contributed by atoms with Crippen LogP contribution in [0.1, 0.15) is 64.2 Å². The standard InChI is InChI=1S/C29H40FN3O4/c1-7-9-18-36-24-13-10-21(11-14-24)27(34)33(8-2)22-12-15-26(25(30)19-22)32-17-16-23(20-32)31(6)28(35)37-29(3,4)5/h10-15,19,23H,7-9,16-18,20H2,1-6H3. The van der Waals surface area contributed by atoms with Crippen LogP contribution in [0.3, 0.4) is 0 Å². The van der Waals surface area contributed by atoms with Crippen LogP contribution in [0, 0.1) is 5.82 Å². The largest absolute Gasteiger partial charge is 0.494 e. The van der Waals surface area contributed by atoms with Crippen molar-refractivity contribution in [3.05, 3.63) is 53.8 Å². The quantitative estimate of drug-likeness (QED) is 0.378. The van der Waals surface area contributed by atoms with E-state index in [1.54, 1.807) is 53.2 Å². The van der Waals surface area contributed by atoms with Gasteiger partial charge in [-0.25, -0.2) is 9.18 Å². The number of likely N-dealkylation sites (N-methyl/N-ethyl adjacent to an activating group) is 1. The second-order valence-electron chi connectivity index (χ2n) is 10.4. The highest BCUT2D eigenvalue weighted by atomic mass is 19.1. The minimum absolute atomic E-state index is 0.0726. The van der Waals surface area contributed by atoms with Gasteiger partial charge in [0, 0.05) is 37.9 Å². The third kappa shape index (κ3) is 7.37. The zero-order chi connectivity index (χ0) is 27.2. The summed E-state index contributed by atoms with van der Waals surface area (Å²) in [5.41, 5.74) is 0.903. The molecule has 1 atom stereocenters. The monoisotopic (exact) mass is 513 g/mol. The molecule has 2 aromatic rings. The number of anilines is 2. The van der Waals surface area contributed by atoms with Crippen LogP contribution in [0.15, 0.2) is 42.5 Å². The van der Waals surface area contributed by atoms with Crippen molar-refractivity contribution in [1.82, 2.24) is 4.90 Å². The molecule has 1 saturated heterocycles. The van der Waals surface area contributed by atoms with E-state index in [1.807, 2.05) is 32.6 Å². The summed E-state index contributed by atoms with van der Waals surface area (Å²) in [6, 6.07) is 11.9. The van der Waals surface area contributed by atoms with Crippen LogP contribution in [-0.4, -0.2) is 61.8 Å². The highest BCUT2D eigenvalue weighted by Gasteiger charge is 2.32. The summed E-state index contributed by atoms with van der Waals surface area (Å²) < 4.78 is 26.4. The van der Waals surface area contributed by atoms with Gasteiger partial charge < -0.3 is 24.2 Å². The molecule has 0 aliphatic carbocycles. The van der Waals surface area contributed by atoms with Crippen molar-refractivity contribution in [2.24, 2.45) is 0 Å². The second-order valence-corrected chi connectivity index (χ2v) is 10.4. The molecule has 0 saturated carbocycles. The fraction of sp³-hybridized carbons (Fsp3) is 0.517. The molecule has 8 heteroatoms. The maximum absolute atomic E-state index is 15.3. The zero-order valence-electron chi connectivity index (χ0n) is 22.9. The van der Waals surface area contributed by atoms with Crippen LogP contribution in [0.2, 0.25) is 0 Å². The number of carbonyl (C=O) groups is 2. The summed E-state index contributed by atoms with van der Waals surface area (Å²) in [5.74, 6) is 0.128. The molecule has 1 heterocycles. The van der Waals surface area contributed by atoms with Crippen molar-refractivity contribution in [3.63, 3.8) is 0 Å². The summed E-state index contributed by atoms with van der Waals surface area (Å²) >= 11 is 0. The Balaban J connectivity index is 1.67. The molecule has 7 nitrogen and oxygen atoms in total. The Labute approximate surface area is 220 Å². The lowest BCUT2D eigenvalue weighted by atomic mass is 10.1. The SMILES string of the molecule is CCCCOc1ccc(C(=O)N(CC)c2ccc(N3CCC(N(C)C(=O)OC(C)(C)C)C3)c(F)c2)cc1. The Morgan fingerprint density at radius 3 is 2.41 bits per heavy atom. The van der Waals surface area contributed by atoms with Crippen molar-refractivity contribution in [2.75, 3.05) is 43.1 Å². The number of unbranched alkanes of at least 4 members (excludes halogenated alkanes) is 1. The van der Waals surface area contributed by atoms with E-state index in [0.717, 1.165) is 18.6 Å². The number of rotatable bonds is 9. The fourth-order valence-corrected chi connectivity index (χ4v) is 4.31. The number of hydrogen-bond acceptors (Lipinski definition) is 5. The van der Waals surface area contributed by atoms with E-state index < -0.39 is 11.4 Å². The van der Waals surface area contributed by atoms with E-state index in [9.17, 15) is 9.59 Å². The lowest BCUT2D eigenvalue weighted by Crippen LogP contribution is -2.42. The number of amides is 2. The molecule has 1 fully saturated rings. The molecule has 202 valence electrons. The first kappa shape index (κ1) is 28.3. The highest BCUT2D eigenvalue weighted by Crippen LogP contribution is 2.30. The smallest absolute Gasteiger partial charge is 0.410 e. The number of hydrogen-bond donors (Lipinski definition) is 0. The number of halogens is 1. The average molecular weight is 514 g/mol. The maximum Gasteiger partial charge on any atom is 0.410 e. The Morgan fingerprint density at radius 1 is 1.11 bits per heavy atom. The normalized spacial score (nSPS) is 15.4. The number of carbonyl (C=O) groups excluding carboxylic acids is 2.